The van der Waals surface area contributed by atoms with E-state index < -0.39 is 0 Å². The fourth-order valence-electron chi connectivity index (χ4n) is 6.21. The zero-order chi connectivity index (χ0) is 32.4. The molecule has 0 aromatic heterocycles. The minimum Gasteiger partial charge on any atom is -0.350 e. The average Bonchev–Trinajstić information content (AvgIpc) is 3.05. The highest BCUT2D eigenvalue weighted by atomic mass is 16.7. The van der Waals surface area contributed by atoms with E-state index in [1.807, 2.05) is 7.05 Å². The van der Waals surface area contributed by atoms with E-state index in [0.29, 0.717) is 5.92 Å². The van der Waals surface area contributed by atoms with E-state index in [1.54, 1.807) is 0 Å². The Kier molecular flexibility index (Phi) is 30.5. The smallest absolute Gasteiger partial charge is 0.168 e. The van der Waals surface area contributed by atoms with Crippen LogP contribution in [-0.4, -0.2) is 32.6 Å². The van der Waals surface area contributed by atoms with Crippen molar-refractivity contribution < 1.29 is 9.47 Å². The zero-order valence-corrected chi connectivity index (χ0v) is 30.5. The fourth-order valence-corrected chi connectivity index (χ4v) is 6.21. The van der Waals surface area contributed by atoms with Crippen LogP contribution in [0.25, 0.3) is 0 Å². The SMILES string of the molecule is CCCCC/C=C\C/C=C\CCCCCCCCC1(CCCCCCCC/C=C\C/C=C\CCCCC)OCC(CNC)CO1. The molecule has 0 saturated carbocycles. The molecule has 0 aromatic carbocycles. The molecule has 0 atom stereocenters. The third-order valence-corrected chi connectivity index (χ3v) is 9.17. The van der Waals surface area contributed by atoms with Gasteiger partial charge in [-0.15, -0.1) is 0 Å². The Balaban J connectivity index is 2.12. The van der Waals surface area contributed by atoms with E-state index in [0.717, 1.165) is 45.4 Å². The summed E-state index contributed by atoms with van der Waals surface area (Å²) in [6.07, 6.45) is 51.9. The van der Waals surface area contributed by atoms with Crippen molar-refractivity contribution in [2.45, 2.75) is 187 Å². The van der Waals surface area contributed by atoms with Gasteiger partial charge < -0.3 is 14.8 Å². The third-order valence-electron chi connectivity index (χ3n) is 9.17. The number of unbranched alkanes of at least 4 members (excludes halogenated alkanes) is 18. The van der Waals surface area contributed by atoms with Gasteiger partial charge in [-0.05, 0) is 84.1 Å². The first-order chi connectivity index (χ1) is 22.3. The summed E-state index contributed by atoms with van der Waals surface area (Å²) < 4.78 is 13.0. The number of allylic oxidation sites excluding steroid dienone is 8. The van der Waals surface area contributed by atoms with E-state index in [9.17, 15) is 0 Å². The van der Waals surface area contributed by atoms with Crippen LogP contribution in [0.3, 0.4) is 0 Å². The van der Waals surface area contributed by atoms with Crippen molar-refractivity contribution >= 4 is 0 Å². The summed E-state index contributed by atoms with van der Waals surface area (Å²) in [5.74, 6) is 0.157. The van der Waals surface area contributed by atoms with Crippen molar-refractivity contribution in [2.75, 3.05) is 26.8 Å². The van der Waals surface area contributed by atoms with E-state index in [1.165, 1.54) is 141 Å². The van der Waals surface area contributed by atoms with Crippen LogP contribution in [-0.2, 0) is 9.47 Å². The van der Waals surface area contributed by atoms with Crippen LogP contribution in [0.4, 0.5) is 0 Å². The Hall–Kier alpha value is -1.16. The Bertz CT molecular complexity index is 666. The molecular formula is C42H77NO2. The second-order valence-electron chi connectivity index (χ2n) is 13.6. The van der Waals surface area contributed by atoms with Crippen molar-refractivity contribution in [1.29, 1.82) is 0 Å². The molecule has 45 heavy (non-hydrogen) atoms. The van der Waals surface area contributed by atoms with Crippen LogP contribution in [0.1, 0.15) is 181 Å². The topological polar surface area (TPSA) is 30.5 Å². The molecule has 3 nitrogen and oxygen atoms in total. The lowest BCUT2D eigenvalue weighted by atomic mass is 9.97. The first kappa shape index (κ1) is 41.9. The molecule has 1 heterocycles. The summed E-state index contributed by atoms with van der Waals surface area (Å²) in [6.45, 7) is 7.19. The first-order valence-electron chi connectivity index (χ1n) is 19.8. The zero-order valence-electron chi connectivity index (χ0n) is 30.5. The average molecular weight is 628 g/mol. The van der Waals surface area contributed by atoms with E-state index >= 15 is 0 Å². The molecule has 0 radical (unpaired) electrons. The molecule has 1 saturated heterocycles. The number of hydrogen-bond acceptors (Lipinski definition) is 3. The molecule has 0 bridgehead atoms. The van der Waals surface area contributed by atoms with Gasteiger partial charge in [0, 0.05) is 25.3 Å². The van der Waals surface area contributed by atoms with Gasteiger partial charge in [-0.25, -0.2) is 0 Å². The summed E-state index contributed by atoms with van der Waals surface area (Å²) in [5, 5.41) is 3.29. The second kappa shape index (κ2) is 32.8. The standard InChI is InChI=1S/C42H77NO2/c1-4-6-8-10-12-14-16-18-20-22-24-26-28-30-32-34-36-42(44-39-41(38-43-3)40-45-42)37-35-33-31-29-27-25-23-21-19-17-15-13-11-9-7-5-2/h12-15,18-21,41,43H,4-11,16-17,22-40H2,1-3H3/b14-12-,15-13-,20-18-,21-19-. The highest BCUT2D eigenvalue weighted by Gasteiger charge is 2.36. The number of hydrogen-bond donors (Lipinski definition) is 1. The second-order valence-corrected chi connectivity index (χ2v) is 13.6. The van der Waals surface area contributed by atoms with Crippen LogP contribution < -0.4 is 5.32 Å². The largest absolute Gasteiger partial charge is 0.350 e. The van der Waals surface area contributed by atoms with Gasteiger partial charge in [-0.1, -0.05) is 140 Å². The highest BCUT2D eigenvalue weighted by molar-refractivity contribution is 4.93. The van der Waals surface area contributed by atoms with Gasteiger partial charge in [0.15, 0.2) is 5.79 Å². The number of rotatable bonds is 32. The molecule has 1 N–H and O–H groups in total. The maximum Gasteiger partial charge on any atom is 0.168 e. The molecule has 0 unspecified atom stereocenters. The molecule has 0 spiro atoms. The summed E-state index contributed by atoms with van der Waals surface area (Å²) in [5.41, 5.74) is 0. The summed E-state index contributed by atoms with van der Waals surface area (Å²) in [7, 11) is 2.02. The van der Waals surface area contributed by atoms with Crippen LogP contribution in [0, 0.1) is 5.92 Å². The van der Waals surface area contributed by atoms with Gasteiger partial charge in [0.05, 0.1) is 13.2 Å². The third kappa shape index (κ3) is 26.6. The molecule has 1 fully saturated rings. The monoisotopic (exact) mass is 628 g/mol. The molecule has 0 aliphatic carbocycles. The van der Waals surface area contributed by atoms with Crippen molar-refractivity contribution in [2.24, 2.45) is 5.92 Å². The minimum atomic E-state index is -0.325. The predicted molar refractivity (Wildman–Crippen MR) is 200 cm³/mol. The number of ether oxygens (including phenoxy) is 2. The summed E-state index contributed by atoms with van der Waals surface area (Å²) in [6, 6.07) is 0. The van der Waals surface area contributed by atoms with E-state index in [4.69, 9.17) is 9.47 Å². The maximum atomic E-state index is 6.49. The van der Waals surface area contributed by atoms with Gasteiger partial charge in [0.25, 0.3) is 0 Å². The Morgan fingerprint density at radius 2 is 0.844 bits per heavy atom. The van der Waals surface area contributed by atoms with Crippen LogP contribution in [0.2, 0.25) is 0 Å². The predicted octanol–water partition coefficient (Wildman–Crippen LogP) is 13.0. The van der Waals surface area contributed by atoms with Crippen LogP contribution in [0.15, 0.2) is 48.6 Å². The van der Waals surface area contributed by atoms with Gasteiger partial charge in [0.2, 0.25) is 0 Å². The molecule has 0 aromatic rings. The van der Waals surface area contributed by atoms with E-state index in [-0.39, 0.29) is 5.79 Å². The van der Waals surface area contributed by atoms with E-state index in [2.05, 4.69) is 67.8 Å². The number of nitrogens with one attached hydrogen (secondary N) is 1. The van der Waals surface area contributed by atoms with Gasteiger partial charge in [0.1, 0.15) is 0 Å². The molecular weight excluding hydrogens is 550 g/mol. The normalized spacial score (nSPS) is 16.0. The highest BCUT2D eigenvalue weighted by Crippen LogP contribution is 2.33. The van der Waals surface area contributed by atoms with Crippen LogP contribution >= 0.6 is 0 Å². The molecule has 1 rings (SSSR count). The fraction of sp³-hybridized carbons (Fsp3) is 0.810. The van der Waals surface area contributed by atoms with Gasteiger partial charge in [-0.2, -0.15) is 0 Å². The Morgan fingerprint density at radius 1 is 0.489 bits per heavy atom. The van der Waals surface area contributed by atoms with Gasteiger partial charge >= 0.3 is 0 Å². The van der Waals surface area contributed by atoms with Crippen LogP contribution in [0.5, 0.6) is 0 Å². The van der Waals surface area contributed by atoms with Crippen molar-refractivity contribution in [3.8, 4) is 0 Å². The molecule has 3 heteroatoms. The first-order valence-corrected chi connectivity index (χ1v) is 19.8. The summed E-state index contributed by atoms with van der Waals surface area (Å²) >= 11 is 0. The quantitative estimate of drug-likeness (QED) is 0.0594. The summed E-state index contributed by atoms with van der Waals surface area (Å²) in [4.78, 5) is 0. The molecule has 0 amide bonds. The minimum absolute atomic E-state index is 0.325. The van der Waals surface area contributed by atoms with Crippen molar-refractivity contribution in [1.82, 2.24) is 5.32 Å². The lowest BCUT2D eigenvalue weighted by molar-refractivity contribution is -0.289. The van der Waals surface area contributed by atoms with Gasteiger partial charge in [-0.3, -0.25) is 0 Å². The Morgan fingerprint density at radius 3 is 1.22 bits per heavy atom. The maximum absolute atomic E-state index is 6.49. The molecule has 1 aliphatic rings. The molecule has 1 aliphatic heterocycles. The lowest BCUT2D eigenvalue weighted by Crippen LogP contribution is -2.46. The molecule has 262 valence electrons. The lowest BCUT2D eigenvalue weighted by Gasteiger charge is -2.40. The van der Waals surface area contributed by atoms with Crippen molar-refractivity contribution in [3.63, 3.8) is 0 Å². The Labute approximate surface area is 282 Å². The van der Waals surface area contributed by atoms with Crippen molar-refractivity contribution in [3.05, 3.63) is 48.6 Å².